The maximum atomic E-state index is 11.5. The lowest BCUT2D eigenvalue weighted by molar-refractivity contribution is -0.126. The fourth-order valence-electron chi connectivity index (χ4n) is 5.96. The SMILES string of the molecule is C.C=C1CC(C)(C)N(C(=C)C)C1=O.C=C1CC(C)(C)NC1=O.C=C1CC(C)(C)NC1=O.CC1(C)CC(=O)CC(C)(C)N1.Cl.[2H]CC.[2H]CC. The summed E-state index contributed by atoms with van der Waals surface area (Å²) in [4.78, 5) is 46.1. The number of Topliss-reactive ketones (excluding diaryl/α,β-unsaturated/α-hetero) is 1. The van der Waals surface area contributed by atoms with E-state index in [0.717, 1.165) is 25.0 Å². The van der Waals surface area contributed by atoms with Crippen molar-refractivity contribution >= 4 is 35.9 Å². The zero-order chi connectivity index (χ0) is 37.8. The van der Waals surface area contributed by atoms with E-state index in [-0.39, 0.29) is 65.2 Å². The molecule has 274 valence electrons. The molecule has 4 heterocycles. The molecule has 0 aromatic rings. The Labute approximate surface area is 298 Å². The maximum absolute atomic E-state index is 11.5. The van der Waals surface area contributed by atoms with Crippen molar-refractivity contribution < 1.29 is 21.9 Å². The molecular weight excluding hydrogens is 612 g/mol. The van der Waals surface area contributed by atoms with Crippen LogP contribution in [0.25, 0.3) is 0 Å². The van der Waals surface area contributed by atoms with Gasteiger partial charge in [0, 0.05) is 72.1 Å². The van der Waals surface area contributed by atoms with E-state index in [1.165, 1.54) is 0 Å². The fourth-order valence-corrected chi connectivity index (χ4v) is 5.96. The van der Waals surface area contributed by atoms with Gasteiger partial charge in [0.1, 0.15) is 5.78 Å². The predicted molar refractivity (Wildman–Crippen MR) is 204 cm³/mol. The molecule has 0 spiro atoms. The Morgan fingerprint density at radius 2 is 0.979 bits per heavy atom. The van der Waals surface area contributed by atoms with Crippen LogP contribution in [0.3, 0.4) is 0 Å². The van der Waals surface area contributed by atoms with Gasteiger partial charge in [-0.2, -0.15) is 0 Å². The van der Waals surface area contributed by atoms with E-state index in [4.69, 9.17) is 2.74 Å². The number of nitrogens with one attached hydrogen (secondary N) is 3. The number of allylic oxidation sites excluding steroid dienone is 1. The molecule has 4 fully saturated rings. The van der Waals surface area contributed by atoms with E-state index in [0.29, 0.717) is 49.1 Å². The summed E-state index contributed by atoms with van der Waals surface area (Å²) < 4.78 is 12.4. The number of piperidine rings is 1. The third kappa shape index (κ3) is 17.9. The Morgan fingerprint density at radius 1 is 0.660 bits per heavy atom. The summed E-state index contributed by atoms with van der Waals surface area (Å²) in [5, 5.41) is 9.05. The Kier molecular flexibility index (Phi) is 19.7. The van der Waals surface area contributed by atoms with Crippen molar-refractivity contribution in [3.8, 4) is 0 Å². The summed E-state index contributed by atoms with van der Waals surface area (Å²) in [6.45, 7) is 41.5. The fraction of sp³-hybridized carbons (Fsp3) is 0.684. The molecule has 0 unspecified atom stereocenters. The van der Waals surface area contributed by atoms with E-state index in [2.05, 4.69) is 70.0 Å². The molecular formula is C38H71ClN4O4. The van der Waals surface area contributed by atoms with Crippen LogP contribution in [-0.4, -0.2) is 56.1 Å². The minimum absolute atomic E-state index is 0. The van der Waals surface area contributed by atoms with Gasteiger partial charge in [-0.25, -0.2) is 0 Å². The van der Waals surface area contributed by atoms with Gasteiger partial charge in [-0.15, -0.1) is 12.4 Å². The van der Waals surface area contributed by atoms with Crippen molar-refractivity contribution in [2.75, 3.05) is 0 Å². The summed E-state index contributed by atoms with van der Waals surface area (Å²) in [6, 6.07) is 0. The third-order valence-electron chi connectivity index (χ3n) is 6.95. The molecule has 4 aliphatic rings. The van der Waals surface area contributed by atoms with E-state index in [9.17, 15) is 19.2 Å². The molecule has 4 aliphatic heterocycles. The number of rotatable bonds is 1. The number of carbonyl (C=O) groups is 4. The minimum Gasteiger partial charge on any atom is -0.347 e. The van der Waals surface area contributed by atoms with Crippen LogP contribution in [0.15, 0.2) is 48.7 Å². The highest BCUT2D eigenvalue weighted by atomic mass is 35.5. The molecule has 47 heavy (non-hydrogen) atoms. The van der Waals surface area contributed by atoms with Gasteiger partial charge >= 0.3 is 0 Å². The normalized spacial score (nSPS) is 22.3. The van der Waals surface area contributed by atoms with Gasteiger partial charge in [0.05, 0.1) is 0 Å². The number of carbonyl (C=O) groups excluding carboxylic acids is 4. The average molecular weight is 685 g/mol. The number of halogens is 1. The Morgan fingerprint density at radius 3 is 1.11 bits per heavy atom. The molecule has 0 atom stereocenters. The highest BCUT2D eigenvalue weighted by Gasteiger charge is 2.40. The predicted octanol–water partition coefficient (Wildman–Crippen LogP) is 8.38. The van der Waals surface area contributed by atoms with Gasteiger partial charge in [0.25, 0.3) is 5.91 Å². The van der Waals surface area contributed by atoms with Gasteiger partial charge < -0.3 is 20.9 Å². The minimum atomic E-state index is -0.139. The molecule has 0 aliphatic carbocycles. The van der Waals surface area contributed by atoms with Crippen LogP contribution in [-0.2, 0) is 19.2 Å². The first-order valence-electron chi connectivity index (χ1n) is 17.0. The molecule has 8 nitrogen and oxygen atoms in total. The lowest BCUT2D eigenvalue weighted by atomic mass is 9.82. The van der Waals surface area contributed by atoms with Crippen molar-refractivity contribution in [2.45, 2.75) is 171 Å². The summed E-state index contributed by atoms with van der Waals surface area (Å²) in [7, 11) is 0. The number of nitrogens with zero attached hydrogens (tertiary/aromatic N) is 1. The second-order valence-corrected chi connectivity index (χ2v) is 15.0. The molecule has 4 saturated heterocycles. The van der Waals surface area contributed by atoms with Gasteiger partial charge in [0.15, 0.2) is 0 Å². The van der Waals surface area contributed by atoms with Crippen molar-refractivity contribution in [1.29, 1.82) is 0 Å². The second kappa shape index (κ2) is 20.0. The van der Waals surface area contributed by atoms with Gasteiger partial charge in [-0.3, -0.25) is 19.2 Å². The number of hydrogen-bond donors (Lipinski definition) is 3. The first-order valence-corrected chi connectivity index (χ1v) is 15.6. The van der Waals surface area contributed by atoms with Crippen molar-refractivity contribution in [1.82, 2.24) is 20.9 Å². The van der Waals surface area contributed by atoms with Crippen molar-refractivity contribution in [3.05, 3.63) is 48.7 Å². The van der Waals surface area contributed by atoms with Crippen molar-refractivity contribution in [3.63, 3.8) is 0 Å². The monoisotopic (exact) mass is 685 g/mol. The molecule has 0 bridgehead atoms. The van der Waals surface area contributed by atoms with E-state index < -0.39 is 0 Å². The van der Waals surface area contributed by atoms with E-state index in [1.54, 1.807) is 18.7 Å². The van der Waals surface area contributed by atoms with Crippen LogP contribution in [0.1, 0.15) is 146 Å². The number of likely N-dealkylation sites (tertiary alicyclic amines) is 1. The zero-order valence-corrected chi connectivity index (χ0v) is 32.1. The van der Waals surface area contributed by atoms with Crippen LogP contribution in [0.5, 0.6) is 0 Å². The van der Waals surface area contributed by atoms with Crippen LogP contribution in [0, 0.1) is 0 Å². The van der Waals surface area contributed by atoms with Crippen LogP contribution >= 0.6 is 12.4 Å². The largest absolute Gasteiger partial charge is 0.347 e. The molecule has 0 radical (unpaired) electrons. The molecule has 0 aromatic heterocycles. The number of ketones is 1. The van der Waals surface area contributed by atoms with Crippen LogP contribution in [0.4, 0.5) is 0 Å². The highest BCUT2D eigenvalue weighted by Crippen LogP contribution is 2.34. The topological polar surface area (TPSA) is 108 Å². The molecule has 4 rings (SSSR count). The zero-order valence-electron chi connectivity index (χ0n) is 33.3. The summed E-state index contributed by atoms with van der Waals surface area (Å²) in [5.41, 5.74) is 2.58. The molecule has 0 saturated carbocycles. The van der Waals surface area contributed by atoms with Crippen molar-refractivity contribution in [2.24, 2.45) is 0 Å². The smallest absolute Gasteiger partial charge is 0.253 e. The molecule has 3 amide bonds. The molecule has 3 N–H and O–H groups in total. The third-order valence-corrected chi connectivity index (χ3v) is 6.95. The summed E-state index contributed by atoms with van der Waals surface area (Å²) >= 11 is 0. The number of hydrogen-bond acceptors (Lipinski definition) is 5. The first-order chi connectivity index (χ1) is 21.0. The molecule has 9 heteroatoms. The van der Waals surface area contributed by atoms with E-state index in [1.807, 2.05) is 48.5 Å². The molecule has 0 aromatic carbocycles. The first kappa shape index (κ1) is 46.4. The highest BCUT2D eigenvalue weighted by molar-refractivity contribution is 5.97. The second-order valence-electron chi connectivity index (χ2n) is 15.0. The van der Waals surface area contributed by atoms with E-state index >= 15 is 0 Å². The van der Waals surface area contributed by atoms with Gasteiger partial charge in [-0.1, -0.05) is 61.4 Å². The quantitative estimate of drug-likeness (QED) is 0.241. The Hall–Kier alpha value is -2.71. The average Bonchev–Trinajstić information content (AvgIpc) is 3.30. The summed E-state index contributed by atoms with van der Waals surface area (Å²) in [5.74, 6) is 0.395. The lowest BCUT2D eigenvalue weighted by Gasteiger charge is -2.41. The van der Waals surface area contributed by atoms with Crippen LogP contribution in [0.2, 0.25) is 0 Å². The standard InChI is InChI=1S/C10H15NO.C9H17NO.2C7H11NO.2C2H6.CH4.ClH/c1-7(2)11-9(12)8(3)6-10(11,4)5;1-8(2)5-7(11)6-9(3,4)10-8;2*1-5-4-7(2,3)8-6(5)9;2*1-2;;/h1,3,6H2,2,4-5H3;10H,5-6H2,1-4H3;2*1,4H2,2-3H3,(H,8,9);2*1-2H3;1H4;1H/i;;;;2*1D;;. The van der Waals surface area contributed by atoms with Crippen LogP contribution < -0.4 is 16.0 Å². The lowest BCUT2D eigenvalue weighted by Crippen LogP contribution is -2.58. The van der Waals surface area contributed by atoms with Gasteiger partial charge in [-0.05, 0) is 89.0 Å². The Balaban J connectivity index is -0.000000259. The summed E-state index contributed by atoms with van der Waals surface area (Å²) in [6.07, 6.45) is 3.60. The number of amides is 3. The van der Waals surface area contributed by atoms with Gasteiger partial charge in [0.2, 0.25) is 11.8 Å². The Bertz CT molecular complexity index is 1090. The maximum Gasteiger partial charge on any atom is 0.253 e.